The summed E-state index contributed by atoms with van der Waals surface area (Å²) in [6.45, 7) is 8.20. The molecule has 8 nitrogen and oxygen atoms in total. The SMILES string of the molecule is CCOC(=O)NC1=C(C(=N)Nc2nc(C)nc3sccc23)CNC1(C)C. The van der Waals surface area contributed by atoms with Gasteiger partial charge in [0.15, 0.2) is 0 Å². The van der Waals surface area contributed by atoms with Crippen LogP contribution in [0.1, 0.15) is 26.6 Å². The van der Waals surface area contributed by atoms with Gasteiger partial charge in [-0.25, -0.2) is 14.8 Å². The van der Waals surface area contributed by atoms with Crippen molar-refractivity contribution in [2.45, 2.75) is 33.2 Å². The summed E-state index contributed by atoms with van der Waals surface area (Å²) in [7, 11) is 0. The fourth-order valence-corrected chi connectivity index (χ4v) is 3.64. The second-order valence-electron chi connectivity index (χ2n) is 6.44. The van der Waals surface area contributed by atoms with Crippen LogP contribution in [0.4, 0.5) is 10.6 Å². The highest BCUT2D eigenvalue weighted by Gasteiger charge is 2.35. The monoisotopic (exact) mass is 374 g/mol. The van der Waals surface area contributed by atoms with Gasteiger partial charge >= 0.3 is 6.09 Å². The molecule has 0 saturated carbocycles. The van der Waals surface area contributed by atoms with Crippen LogP contribution in [-0.2, 0) is 4.74 Å². The summed E-state index contributed by atoms with van der Waals surface area (Å²) < 4.78 is 4.98. The zero-order valence-electron chi connectivity index (χ0n) is 15.2. The summed E-state index contributed by atoms with van der Waals surface area (Å²) in [6, 6.07) is 1.93. The number of carbonyl (C=O) groups excluding carboxylic acids is 1. The number of nitrogens with one attached hydrogen (secondary N) is 4. The molecule has 0 radical (unpaired) electrons. The first-order valence-electron chi connectivity index (χ1n) is 8.32. The Kier molecular flexibility index (Phi) is 4.92. The van der Waals surface area contributed by atoms with Crippen molar-refractivity contribution in [1.82, 2.24) is 20.6 Å². The number of hydrogen-bond donors (Lipinski definition) is 4. The van der Waals surface area contributed by atoms with Crippen molar-refractivity contribution in [1.29, 1.82) is 5.41 Å². The van der Waals surface area contributed by atoms with Crippen molar-refractivity contribution < 1.29 is 9.53 Å². The minimum absolute atomic E-state index is 0.181. The van der Waals surface area contributed by atoms with E-state index in [1.807, 2.05) is 32.2 Å². The summed E-state index contributed by atoms with van der Waals surface area (Å²) in [5, 5.41) is 20.5. The number of ether oxygens (including phenoxy) is 1. The van der Waals surface area contributed by atoms with Gasteiger partial charge in [0.25, 0.3) is 0 Å². The van der Waals surface area contributed by atoms with Crippen molar-refractivity contribution in [3.63, 3.8) is 0 Å². The maximum absolute atomic E-state index is 11.9. The van der Waals surface area contributed by atoms with Crippen LogP contribution < -0.4 is 16.0 Å². The number of nitrogens with zero attached hydrogens (tertiary/aromatic N) is 2. The lowest BCUT2D eigenvalue weighted by Gasteiger charge is -2.23. The first kappa shape index (κ1) is 18.3. The summed E-state index contributed by atoms with van der Waals surface area (Å²) in [5.74, 6) is 1.41. The van der Waals surface area contributed by atoms with Crippen LogP contribution >= 0.6 is 11.3 Å². The summed E-state index contributed by atoms with van der Waals surface area (Å²) in [4.78, 5) is 21.6. The highest BCUT2D eigenvalue weighted by atomic mass is 32.1. The lowest BCUT2D eigenvalue weighted by atomic mass is 10.0. The molecule has 0 spiro atoms. The lowest BCUT2D eigenvalue weighted by Crippen LogP contribution is -2.42. The lowest BCUT2D eigenvalue weighted by molar-refractivity contribution is 0.153. The van der Waals surface area contributed by atoms with Crippen LogP contribution in [0.2, 0.25) is 0 Å². The molecule has 0 saturated heterocycles. The third-order valence-electron chi connectivity index (χ3n) is 4.12. The smallest absolute Gasteiger partial charge is 0.411 e. The number of amidine groups is 1. The minimum Gasteiger partial charge on any atom is -0.450 e. The van der Waals surface area contributed by atoms with E-state index in [-0.39, 0.29) is 12.4 Å². The Labute approximate surface area is 155 Å². The Bertz CT molecular complexity index is 902. The molecule has 2 aromatic heterocycles. The molecule has 9 heteroatoms. The van der Waals surface area contributed by atoms with Crippen LogP contribution in [0.25, 0.3) is 10.2 Å². The van der Waals surface area contributed by atoms with E-state index in [0.29, 0.717) is 29.5 Å². The zero-order chi connectivity index (χ0) is 18.9. The highest BCUT2D eigenvalue weighted by molar-refractivity contribution is 7.16. The van der Waals surface area contributed by atoms with Gasteiger partial charge in [-0.1, -0.05) is 0 Å². The van der Waals surface area contributed by atoms with E-state index in [2.05, 4.69) is 25.9 Å². The number of aromatic nitrogens is 2. The molecule has 0 aliphatic carbocycles. The molecule has 3 heterocycles. The normalized spacial score (nSPS) is 16.0. The first-order chi connectivity index (χ1) is 12.3. The number of amides is 1. The molecule has 26 heavy (non-hydrogen) atoms. The Morgan fingerprint density at radius 1 is 1.42 bits per heavy atom. The molecule has 0 bridgehead atoms. The molecular formula is C17H22N6O2S. The van der Waals surface area contributed by atoms with E-state index in [4.69, 9.17) is 10.1 Å². The number of rotatable bonds is 4. The zero-order valence-corrected chi connectivity index (χ0v) is 16.0. The predicted molar refractivity (Wildman–Crippen MR) is 103 cm³/mol. The standard InChI is InChI=1S/C17H22N6O2S/c1-5-25-16(24)22-12-11(8-19-17(12,3)4)13(18)23-14-10-6-7-26-15(10)21-9(2)20-14/h6-7,19H,5,8H2,1-4H3,(H,22,24)(H2,18,20,21,23). The Morgan fingerprint density at radius 2 is 2.19 bits per heavy atom. The number of carbonyl (C=O) groups is 1. The van der Waals surface area contributed by atoms with Gasteiger partial charge in [0.1, 0.15) is 22.3 Å². The second kappa shape index (κ2) is 7.00. The molecule has 1 aliphatic rings. The fourth-order valence-electron chi connectivity index (χ4n) is 2.83. The topological polar surface area (TPSA) is 112 Å². The largest absolute Gasteiger partial charge is 0.450 e. The number of fused-ring (bicyclic) bond motifs is 1. The fraction of sp³-hybridized carbons (Fsp3) is 0.412. The molecule has 0 atom stereocenters. The molecule has 0 fully saturated rings. The van der Waals surface area contributed by atoms with Crippen LogP contribution in [0, 0.1) is 12.3 Å². The number of hydrogen-bond acceptors (Lipinski definition) is 7. The van der Waals surface area contributed by atoms with Crippen molar-refractivity contribution in [2.24, 2.45) is 0 Å². The molecule has 3 rings (SSSR count). The number of anilines is 1. The summed E-state index contributed by atoms with van der Waals surface area (Å²) >= 11 is 1.53. The van der Waals surface area contributed by atoms with Gasteiger partial charge < -0.3 is 15.4 Å². The average Bonchev–Trinajstić information content (AvgIpc) is 3.12. The number of aryl methyl sites for hydroxylation is 1. The van der Waals surface area contributed by atoms with Gasteiger partial charge in [0.05, 0.1) is 17.5 Å². The van der Waals surface area contributed by atoms with Crippen LogP contribution in [-0.4, -0.2) is 40.6 Å². The quantitative estimate of drug-likeness (QED) is 0.484. The molecule has 2 aromatic rings. The van der Waals surface area contributed by atoms with Crippen LogP contribution in [0.5, 0.6) is 0 Å². The Balaban J connectivity index is 1.91. The summed E-state index contributed by atoms with van der Waals surface area (Å²) in [6.07, 6.45) is -0.525. The van der Waals surface area contributed by atoms with Gasteiger partial charge in [-0.2, -0.15) is 0 Å². The van der Waals surface area contributed by atoms with Crippen LogP contribution in [0.15, 0.2) is 22.7 Å². The van der Waals surface area contributed by atoms with E-state index in [0.717, 1.165) is 10.2 Å². The van der Waals surface area contributed by atoms with Gasteiger partial charge in [0, 0.05) is 17.8 Å². The molecule has 4 N–H and O–H groups in total. The third kappa shape index (κ3) is 3.54. The Morgan fingerprint density at radius 3 is 2.92 bits per heavy atom. The van der Waals surface area contributed by atoms with E-state index >= 15 is 0 Å². The first-order valence-corrected chi connectivity index (χ1v) is 9.20. The minimum atomic E-state index is -0.525. The van der Waals surface area contributed by atoms with Crippen molar-refractivity contribution in [3.8, 4) is 0 Å². The average molecular weight is 374 g/mol. The number of alkyl carbamates (subject to hydrolysis) is 1. The van der Waals surface area contributed by atoms with Crippen molar-refractivity contribution in [2.75, 3.05) is 18.5 Å². The Hall–Kier alpha value is -2.52. The molecule has 1 amide bonds. The van der Waals surface area contributed by atoms with Gasteiger partial charge in [-0.3, -0.25) is 10.7 Å². The van der Waals surface area contributed by atoms with E-state index < -0.39 is 11.6 Å². The number of thiophene rings is 1. The third-order valence-corrected chi connectivity index (χ3v) is 4.93. The summed E-state index contributed by atoms with van der Waals surface area (Å²) in [5.41, 5.74) is 0.818. The van der Waals surface area contributed by atoms with Crippen molar-refractivity contribution in [3.05, 3.63) is 28.5 Å². The molecule has 0 unspecified atom stereocenters. The van der Waals surface area contributed by atoms with E-state index in [1.54, 1.807) is 6.92 Å². The highest BCUT2D eigenvalue weighted by Crippen LogP contribution is 2.28. The second-order valence-corrected chi connectivity index (χ2v) is 7.33. The van der Waals surface area contributed by atoms with Gasteiger partial charge in [-0.15, -0.1) is 11.3 Å². The maximum atomic E-state index is 11.9. The maximum Gasteiger partial charge on any atom is 0.411 e. The van der Waals surface area contributed by atoms with E-state index in [9.17, 15) is 4.79 Å². The van der Waals surface area contributed by atoms with E-state index in [1.165, 1.54) is 11.3 Å². The molecular weight excluding hydrogens is 352 g/mol. The predicted octanol–water partition coefficient (Wildman–Crippen LogP) is 2.77. The molecule has 1 aliphatic heterocycles. The van der Waals surface area contributed by atoms with Gasteiger partial charge in [0.2, 0.25) is 0 Å². The van der Waals surface area contributed by atoms with Crippen molar-refractivity contribution >= 4 is 39.3 Å². The molecule has 0 aromatic carbocycles. The van der Waals surface area contributed by atoms with Gasteiger partial charge in [-0.05, 0) is 39.1 Å². The molecule has 138 valence electrons. The van der Waals surface area contributed by atoms with Crippen LogP contribution in [0.3, 0.4) is 0 Å².